The SMILES string of the molecule is Fc1ccc(Oc2ncc(Br)cc2Cl)cc1C(F)(F)F. The molecule has 2 nitrogen and oxygen atoms in total. The van der Waals surface area contributed by atoms with E-state index in [1.807, 2.05) is 0 Å². The van der Waals surface area contributed by atoms with Crippen LogP contribution in [0.1, 0.15) is 5.56 Å². The monoisotopic (exact) mass is 369 g/mol. The number of rotatable bonds is 2. The summed E-state index contributed by atoms with van der Waals surface area (Å²) in [7, 11) is 0. The van der Waals surface area contributed by atoms with Gasteiger partial charge in [-0.05, 0) is 40.2 Å². The second-order valence-corrected chi connectivity index (χ2v) is 5.00. The van der Waals surface area contributed by atoms with Gasteiger partial charge in [-0.25, -0.2) is 9.37 Å². The number of hydrogen-bond donors (Lipinski definition) is 0. The van der Waals surface area contributed by atoms with Gasteiger partial charge >= 0.3 is 6.18 Å². The van der Waals surface area contributed by atoms with Crippen molar-refractivity contribution < 1.29 is 22.3 Å². The molecule has 0 fully saturated rings. The third-order valence-corrected chi connectivity index (χ3v) is 2.94. The Kier molecular flexibility index (Phi) is 4.19. The molecule has 0 atom stereocenters. The van der Waals surface area contributed by atoms with Gasteiger partial charge in [-0.3, -0.25) is 0 Å². The van der Waals surface area contributed by atoms with Gasteiger partial charge in [0, 0.05) is 10.7 Å². The van der Waals surface area contributed by atoms with Crippen molar-refractivity contribution in [2.45, 2.75) is 6.18 Å². The molecule has 2 rings (SSSR count). The molecular formula is C12H5BrClF4NO. The summed E-state index contributed by atoms with van der Waals surface area (Å²) in [5.41, 5.74) is -1.41. The quantitative estimate of drug-likeness (QED) is 0.656. The Hall–Kier alpha value is -1.34. The number of benzene rings is 1. The van der Waals surface area contributed by atoms with Crippen LogP contribution in [0.2, 0.25) is 5.02 Å². The highest BCUT2D eigenvalue weighted by molar-refractivity contribution is 9.10. The summed E-state index contributed by atoms with van der Waals surface area (Å²) in [4.78, 5) is 3.81. The molecule has 1 aromatic heterocycles. The lowest BCUT2D eigenvalue weighted by molar-refractivity contribution is -0.140. The first-order chi connectivity index (χ1) is 9.27. The van der Waals surface area contributed by atoms with E-state index in [1.165, 1.54) is 12.3 Å². The summed E-state index contributed by atoms with van der Waals surface area (Å²) in [6.07, 6.45) is -3.43. The van der Waals surface area contributed by atoms with Crippen LogP contribution in [0, 0.1) is 5.82 Å². The fourth-order valence-electron chi connectivity index (χ4n) is 1.37. The summed E-state index contributed by atoms with van der Waals surface area (Å²) in [5, 5.41) is 0.109. The fraction of sp³-hybridized carbons (Fsp3) is 0.0833. The standard InChI is InChI=1S/C12H5BrClF4NO/c13-6-3-9(14)11(19-5-6)20-7-1-2-10(15)8(4-7)12(16,17)18/h1-5H. The molecule has 0 aliphatic carbocycles. The smallest absolute Gasteiger partial charge is 0.419 e. The molecular weight excluding hydrogens is 365 g/mol. The minimum absolute atomic E-state index is 0.0744. The van der Waals surface area contributed by atoms with Crippen LogP contribution in [0.25, 0.3) is 0 Å². The Labute approximate surface area is 124 Å². The van der Waals surface area contributed by atoms with E-state index in [0.717, 1.165) is 6.07 Å². The zero-order valence-electron chi connectivity index (χ0n) is 9.51. The number of aromatic nitrogens is 1. The van der Waals surface area contributed by atoms with Gasteiger partial charge in [-0.2, -0.15) is 13.2 Å². The number of halogens is 6. The van der Waals surface area contributed by atoms with Crippen LogP contribution in [0.5, 0.6) is 11.6 Å². The Morgan fingerprint density at radius 1 is 1.20 bits per heavy atom. The van der Waals surface area contributed by atoms with Gasteiger partial charge in [0.15, 0.2) is 0 Å². The van der Waals surface area contributed by atoms with Gasteiger partial charge in [0.1, 0.15) is 16.6 Å². The minimum Gasteiger partial charge on any atom is -0.438 e. The van der Waals surface area contributed by atoms with Crippen LogP contribution >= 0.6 is 27.5 Å². The maximum absolute atomic E-state index is 13.1. The highest BCUT2D eigenvalue weighted by Crippen LogP contribution is 2.35. The average molecular weight is 371 g/mol. The van der Waals surface area contributed by atoms with Gasteiger partial charge in [0.25, 0.3) is 0 Å². The molecule has 0 aliphatic heterocycles. The second-order valence-electron chi connectivity index (χ2n) is 3.68. The largest absolute Gasteiger partial charge is 0.438 e. The Balaban J connectivity index is 2.35. The van der Waals surface area contributed by atoms with Crippen molar-refractivity contribution >= 4 is 27.5 Å². The molecule has 0 amide bonds. The molecule has 0 saturated carbocycles. The van der Waals surface area contributed by atoms with Crippen LogP contribution in [0.3, 0.4) is 0 Å². The first-order valence-corrected chi connectivity index (χ1v) is 6.30. The lowest BCUT2D eigenvalue weighted by Crippen LogP contribution is -2.08. The maximum atomic E-state index is 13.1. The van der Waals surface area contributed by atoms with E-state index >= 15 is 0 Å². The topological polar surface area (TPSA) is 22.1 Å². The number of hydrogen-bond acceptors (Lipinski definition) is 2. The Morgan fingerprint density at radius 2 is 1.90 bits per heavy atom. The van der Waals surface area contributed by atoms with Crippen LogP contribution in [0.15, 0.2) is 34.9 Å². The fourth-order valence-corrected chi connectivity index (χ4v) is 2.04. The highest BCUT2D eigenvalue weighted by atomic mass is 79.9. The zero-order chi connectivity index (χ0) is 14.9. The minimum atomic E-state index is -4.81. The average Bonchev–Trinajstić information content (AvgIpc) is 2.33. The van der Waals surface area contributed by atoms with Gasteiger partial charge < -0.3 is 4.74 Å². The van der Waals surface area contributed by atoms with Crippen LogP contribution in [-0.4, -0.2) is 4.98 Å². The molecule has 0 saturated heterocycles. The molecule has 0 N–H and O–H groups in total. The van der Waals surface area contributed by atoms with E-state index in [1.54, 1.807) is 0 Å². The predicted octanol–water partition coefficient (Wildman–Crippen LogP) is 5.45. The molecule has 20 heavy (non-hydrogen) atoms. The normalized spacial score (nSPS) is 11.5. The Bertz CT molecular complexity index is 648. The van der Waals surface area contributed by atoms with E-state index in [2.05, 4.69) is 20.9 Å². The third kappa shape index (κ3) is 3.40. The van der Waals surface area contributed by atoms with Crippen molar-refractivity contribution in [2.75, 3.05) is 0 Å². The van der Waals surface area contributed by atoms with Crippen molar-refractivity contribution in [2.24, 2.45) is 0 Å². The number of pyridine rings is 1. The molecule has 0 unspecified atom stereocenters. The van der Waals surface area contributed by atoms with Gasteiger partial charge in [-0.15, -0.1) is 0 Å². The highest BCUT2D eigenvalue weighted by Gasteiger charge is 2.34. The number of ether oxygens (including phenoxy) is 1. The van der Waals surface area contributed by atoms with Gasteiger partial charge in [-0.1, -0.05) is 11.6 Å². The Morgan fingerprint density at radius 3 is 2.50 bits per heavy atom. The van der Waals surface area contributed by atoms with E-state index < -0.39 is 17.6 Å². The van der Waals surface area contributed by atoms with Crippen molar-refractivity contribution in [3.05, 3.63) is 51.3 Å². The maximum Gasteiger partial charge on any atom is 0.419 e. The summed E-state index contributed by atoms with van der Waals surface area (Å²) in [6.45, 7) is 0. The lowest BCUT2D eigenvalue weighted by Gasteiger charge is -2.11. The molecule has 0 aliphatic rings. The van der Waals surface area contributed by atoms with E-state index in [9.17, 15) is 17.6 Å². The molecule has 0 spiro atoms. The molecule has 0 radical (unpaired) electrons. The predicted molar refractivity (Wildman–Crippen MR) is 68.4 cm³/mol. The summed E-state index contributed by atoms with van der Waals surface area (Å²) in [5.74, 6) is -1.66. The molecule has 1 heterocycles. The third-order valence-electron chi connectivity index (χ3n) is 2.23. The molecule has 0 bridgehead atoms. The molecule has 106 valence electrons. The van der Waals surface area contributed by atoms with Crippen molar-refractivity contribution in [1.29, 1.82) is 0 Å². The van der Waals surface area contributed by atoms with Crippen molar-refractivity contribution in [3.8, 4) is 11.6 Å². The first kappa shape index (κ1) is 15.1. The van der Waals surface area contributed by atoms with E-state index in [0.29, 0.717) is 16.6 Å². The lowest BCUT2D eigenvalue weighted by atomic mass is 10.2. The van der Waals surface area contributed by atoms with Crippen LogP contribution in [0.4, 0.5) is 17.6 Å². The summed E-state index contributed by atoms with van der Waals surface area (Å²) >= 11 is 8.95. The number of nitrogens with zero attached hydrogens (tertiary/aromatic N) is 1. The number of alkyl halides is 3. The molecule has 8 heteroatoms. The van der Waals surface area contributed by atoms with E-state index in [-0.39, 0.29) is 16.7 Å². The molecule has 1 aromatic carbocycles. The van der Waals surface area contributed by atoms with Crippen molar-refractivity contribution in [3.63, 3.8) is 0 Å². The van der Waals surface area contributed by atoms with Crippen molar-refractivity contribution in [1.82, 2.24) is 4.98 Å². The second kappa shape index (κ2) is 5.57. The molecule has 2 aromatic rings. The zero-order valence-corrected chi connectivity index (χ0v) is 11.9. The van der Waals surface area contributed by atoms with Gasteiger partial charge in [0.2, 0.25) is 5.88 Å². The summed E-state index contributed by atoms with van der Waals surface area (Å²) in [6, 6.07) is 3.75. The summed E-state index contributed by atoms with van der Waals surface area (Å²) < 4.78 is 56.5. The van der Waals surface area contributed by atoms with Crippen LogP contribution < -0.4 is 4.74 Å². The van der Waals surface area contributed by atoms with E-state index in [4.69, 9.17) is 16.3 Å². The van der Waals surface area contributed by atoms with Gasteiger partial charge in [0.05, 0.1) is 5.56 Å². The van der Waals surface area contributed by atoms with Crippen LogP contribution in [-0.2, 0) is 6.18 Å². The first-order valence-electron chi connectivity index (χ1n) is 5.13.